The van der Waals surface area contributed by atoms with Gasteiger partial charge in [-0.25, -0.2) is 9.97 Å². The van der Waals surface area contributed by atoms with Gasteiger partial charge in [0, 0.05) is 110 Å². The molecule has 4 fully saturated rings. The maximum absolute atomic E-state index is 11.7. The van der Waals surface area contributed by atoms with Crippen molar-refractivity contribution in [2.45, 2.75) is 25.9 Å². The standard InChI is InChI=1S/C37H37Cl2N7O4/c1-49-34-22(14-45-18-36(19-45)12-29(47)41-16-36)6-8-27(43-34)24-4-3-5-26(31(24)38)33-32(39)25(10-11-40-33)28-9-7-23(35(44-28)50-2)15-46-20-37(21-46)13-30(48)42-17-37/h3-11H,12-21H2,1-2H3,(H,41,47)(H,42,48). The van der Waals surface area contributed by atoms with Gasteiger partial charge in [0.25, 0.3) is 0 Å². The van der Waals surface area contributed by atoms with E-state index in [9.17, 15) is 9.59 Å². The smallest absolute Gasteiger partial charge is 0.220 e. The molecule has 0 radical (unpaired) electrons. The first-order chi connectivity index (χ1) is 24.2. The number of pyridine rings is 3. The van der Waals surface area contributed by atoms with Gasteiger partial charge in [-0.1, -0.05) is 53.5 Å². The highest BCUT2D eigenvalue weighted by Crippen LogP contribution is 2.43. The number of ether oxygens (including phenoxy) is 2. The van der Waals surface area contributed by atoms with Gasteiger partial charge in [-0.05, 0) is 18.2 Å². The lowest BCUT2D eigenvalue weighted by atomic mass is 9.79. The van der Waals surface area contributed by atoms with Crippen molar-refractivity contribution in [1.82, 2.24) is 35.4 Å². The van der Waals surface area contributed by atoms with Crippen molar-refractivity contribution in [2.24, 2.45) is 10.8 Å². The molecule has 13 heteroatoms. The fourth-order valence-corrected chi connectivity index (χ4v) is 8.66. The molecule has 2 N–H and O–H groups in total. The Morgan fingerprint density at radius 2 is 1.20 bits per heavy atom. The number of nitrogens with one attached hydrogen (secondary N) is 2. The Labute approximate surface area is 300 Å². The van der Waals surface area contributed by atoms with E-state index in [1.54, 1.807) is 20.4 Å². The van der Waals surface area contributed by atoms with Crippen LogP contribution in [-0.2, 0) is 22.7 Å². The quantitative estimate of drug-likeness (QED) is 0.251. The number of benzene rings is 1. The molecule has 4 aliphatic rings. The summed E-state index contributed by atoms with van der Waals surface area (Å²) < 4.78 is 11.4. The normalized spacial score (nSPS) is 19.3. The predicted octanol–water partition coefficient (Wildman–Crippen LogP) is 4.84. The summed E-state index contributed by atoms with van der Waals surface area (Å²) in [5.74, 6) is 1.33. The third kappa shape index (κ3) is 5.96. The average Bonchev–Trinajstić information content (AvgIpc) is 3.68. The molecule has 0 aliphatic carbocycles. The molecule has 258 valence electrons. The second-order valence-corrected chi connectivity index (χ2v) is 14.9. The molecule has 0 unspecified atom stereocenters. The van der Waals surface area contributed by atoms with Gasteiger partial charge in [-0.2, -0.15) is 0 Å². The molecule has 7 heterocycles. The number of methoxy groups -OCH3 is 2. The van der Waals surface area contributed by atoms with E-state index in [1.807, 2.05) is 48.5 Å². The minimum Gasteiger partial charge on any atom is -0.481 e. The number of carbonyl (C=O) groups is 2. The highest BCUT2D eigenvalue weighted by atomic mass is 35.5. The SMILES string of the molecule is COc1nc(-c2cccc(-c3nccc(-c4ccc(CN5CC6(CNC(=O)C6)C5)c(OC)n4)c3Cl)c2Cl)ccc1CN1CC2(CNC(=O)C2)C1. The number of rotatable bonds is 9. The fraction of sp³-hybridized carbons (Fsp3) is 0.378. The number of nitrogens with zero attached hydrogens (tertiary/aromatic N) is 5. The molecule has 0 bridgehead atoms. The predicted molar refractivity (Wildman–Crippen MR) is 190 cm³/mol. The first-order valence-electron chi connectivity index (χ1n) is 16.7. The Bertz CT molecular complexity index is 1870. The highest BCUT2D eigenvalue weighted by molar-refractivity contribution is 6.39. The van der Waals surface area contributed by atoms with Crippen molar-refractivity contribution in [1.29, 1.82) is 0 Å². The monoisotopic (exact) mass is 713 g/mol. The van der Waals surface area contributed by atoms with Crippen LogP contribution in [0.1, 0.15) is 24.0 Å². The Kier molecular flexibility index (Phi) is 8.42. The summed E-state index contributed by atoms with van der Waals surface area (Å²) >= 11 is 14.1. The van der Waals surface area contributed by atoms with Gasteiger partial charge >= 0.3 is 0 Å². The van der Waals surface area contributed by atoms with Crippen LogP contribution in [0.2, 0.25) is 10.0 Å². The van der Waals surface area contributed by atoms with Gasteiger partial charge < -0.3 is 20.1 Å². The van der Waals surface area contributed by atoms with Crippen LogP contribution in [0.25, 0.3) is 33.8 Å². The Morgan fingerprint density at radius 1 is 0.700 bits per heavy atom. The fourth-order valence-electron chi connectivity index (χ4n) is 8.04. The minimum atomic E-state index is 0.0536. The number of carbonyl (C=O) groups excluding carboxylic acids is 2. The number of hydrogen-bond donors (Lipinski definition) is 2. The molecule has 50 heavy (non-hydrogen) atoms. The van der Waals surface area contributed by atoms with Gasteiger partial charge in [0.2, 0.25) is 23.6 Å². The van der Waals surface area contributed by atoms with E-state index in [-0.39, 0.29) is 22.6 Å². The average molecular weight is 715 g/mol. The van der Waals surface area contributed by atoms with Crippen LogP contribution >= 0.6 is 23.2 Å². The Hall–Kier alpha value is -4.29. The van der Waals surface area contributed by atoms with Gasteiger partial charge in [0.15, 0.2) is 0 Å². The lowest BCUT2D eigenvalue weighted by molar-refractivity contribution is -0.121. The van der Waals surface area contributed by atoms with E-state index in [4.69, 9.17) is 42.6 Å². The molecular weight excluding hydrogens is 677 g/mol. The van der Waals surface area contributed by atoms with E-state index in [1.165, 1.54) is 0 Å². The van der Waals surface area contributed by atoms with Gasteiger partial charge in [0.1, 0.15) is 0 Å². The minimum absolute atomic E-state index is 0.0536. The molecule has 11 nitrogen and oxygen atoms in total. The number of halogens is 2. The third-order valence-electron chi connectivity index (χ3n) is 10.4. The zero-order chi connectivity index (χ0) is 34.6. The highest BCUT2D eigenvalue weighted by Gasteiger charge is 2.49. The first kappa shape index (κ1) is 32.9. The van der Waals surface area contributed by atoms with E-state index in [0.717, 1.165) is 56.0 Å². The van der Waals surface area contributed by atoms with Crippen LogP contribution in [0.15, 0.2) is 54.7 Å². The first-order valence-corrected chi connectivity index (χ1v) is 17.4. The molecule has 2 spiro atoms. The summed E-state index contributed by atoms with van der Waals surface area (Å²) in [6.45, 7) is 6.32. The largest absolute Gasteiger partial charge is 0.481 e. The number of hydrogen-bond acceptors (Lipinski definition) is 9. The van der Waals surface area contributed by atoms with Gasteiger partial charge in [-0.3, -0.25) is 24.4 Å². The van der Waals surface area contributed by atoms with Crippen molar-refractivity contribution in [3.05, 3.63) is 75.9 Å². The third-order valence-corrected chi connectivity index (χ3v) is 11.2. The zero-order valence-corrected chi connectivity index (χ0v) is 29.4. The van der Waals surface area contributed by atoms with Crippen LogP contribution in [0.5, 0.6) is 11.8 Å². The summed E-state index contributed by atoms with van der Waals surface area (Å²) in [4.78, 5) is 42.4. The van der Waals surface area contributed by atoms with Crippen LogP contribution in [0.3, 0.4) is 0 Å². The van der Waals surface area contributed by atoms with Gasteiger partial charge in [0.05, 0.1) is 41.3 Å². The van der Waals surface area contributed by atoms with Gasteiger partial charge in [-0.15, -0.1) is 0 Å². The lowest BCUT2D eigenvalue weighted by Gasteiger charge is -2.47. The number of aromatic nitrogens is 3. The van der Waals surface area contributed by atoms with Crippen molar-refractivity contribution < 1.29 is 19.1 Å². The Balaban J connectivity index is 1.01. The van der Waals surface area contributed by atoms with Crippen molar-refractivity contribution in [3.63, 3.8) is 0 Å². The number of amides is 2. The van der Waals surface area contributed by atoms with E-state index < -0.39 is 0 Å². The molecule has 0 atom stereocenters. The van der Waals surface area contributed by atoms with E-state index in [0.29, 0.717) is 75.9 Å². The summed E-state index contributed by atoms with van der Waals surface area (Å²) in [5, 5.41) is 6.81. The second kappa shape index (κ2) is 12.8. The topological polar surface area (TPSA) is 122 Å². The molecule has 4 saturated heterocycles. The summed E-state index contributed by atoms with van der Waals surface area (Å²) in [7, 11) is 3.23. The van der Waals surface area contributed by atoms with Crippen molar-refractivity contribution >= 4 is 35.0 Å². The molecule has 1 aromatic carbocycles. The molecule has 2 amide bonds. The maximum Gasteiger partial charge on any atom is 0.220 e. The van der Waals surface area contributed by atoms with Crippen molar-refractivity contribution in [3.8, 4) is 45.5 Å². The lowest BCUT2D eigenvalue weighted by Crippen LogP contribution is -2.56. The molecule has 4 aromatic rings. The summed E-state index contributed by atoms with van der Waals surface area (Å²) in [5.41, 5.74) is 6.00. The van der Waals surface area contributed by atoms with Crippen LogP contribution in [-0.4, -0.2) is 90.1 Å². The number of likely N-dealkylation sites (tertiary alicyclic amines) is 2. The summed E-state index contributed by atoms with van der Waals surface area (Å²) in [6.07, 6.45) is 2.88. The molecule has 4 aliphatic heterocycles. The zero-order valence-electron chi connectivity index (χ0n) is 27.9. The Morgan fingerprint density at radius 3 is 1.68 bits per heavy atom. The molecule has 3 aromatic heterocycles. The molecular formula is C37H37Cl2N7O4. The molecule has 0 saturated carbocycles. The van der Waals surface area contributed by atoms with Crippen LogP contribution in [0.4, 0.5) is 0 Å². The molecule has 8 rings (SSSR count). The van der Waals surface area contributed by atoms with Crippen LogP contribution in [0, 0.1) is 10.8 Å². The second-order valence-electron chi connectivity index (χ2n) is 14.1. The van der Waals surface area contributed by atoms with Crippen LogP contribution < -0.4 is 20.1 Å². The maximum atomic E-state index is 11.7. The summed E-state index contributed by atoms with van der Waals surface area (Å²) in [6, 6.07) is 15.5. The van der Waals surface area contributed by atoms with E-state index in [2.05, 4.69) is 25.4 Å². The van der Waals surface area contributed by atoms with E-state index >= 15 is 0 Å². The van der Waals surface area contributed by atoms with Crippen molar-refractivity contribution in [2.75, 3.05) is 53.5 Å².